The van der Waals surface area contributed by atoms with Gasteiger partial charge in [-0.2, -0.15) is 0 Å². The van der Waals surface area contributed by atoms with Crippen molar-refractivity contribution in [1.29, 1.82) is 0 Å². The Balaban J connectivity index is 2.25. The van der Waals surface area contributed by atoms with Gasteiger partial charge in [0.25, 0.3) is 0 Å². The van der Waals surface area contributed by atoms with E-state index in [9.17, 15) is 0 Å². The second kappa shape index (κ2) is 4.96. The molecule has 2 rings (SSSR count). The maximum absolute atomic E-state index is 5.47. The third-order valence-electron chi connectivity index (χ3n) is 2.04. The molecular formula is C12H12O2S. The number of hydrogen-bond donors (Lipinski definition) is 0. The predicted molar refractivity (Wildman–Crippen MR) is 62.3 cm³/mol. The van der Waals surface area contributed by atoms with Crippen molar-refractivity contribution in [2.45, 2.75) is 0 Å². The first-order valence-electron chi connectivity index (χ1n) is 4.65. The van der Waals surface area contributed by atoms with Crippen LogP contribution in [0, 0.1) is 0 Å². The first kappa shape index (κ1) is 10.2. The summed E-state index contributed by atoms with van der Waals surface area (Å²) in [6, 6.07) is 10.2. The summed E-state index contributed by atoms with van der Waals surface area (Å²) in [6.45, 7) is 0.288. The normalized spacial score (nSPS) is 10.2. The minimum atomic E-state index is 0.288. The number of methoxy groups -OCH3 is 1. The Morgan fingerprint density at radius 3 is 2.67 bits per heavy atom. The summed E-state index contributed by atoms with van der Waals surface area (Å²) in [5.74, 6) is 0.882. The van der Waals surface area contributed by atoms with Gasteiger partial charge in [-0.05, 0) is 5.56 Å². The van der Waals surface area contributed by atoms with Gasteiger partial charge in [0, 0.05) is 23.4 Å². The Kier molecular flexibility index (Phi) is 3.37. The number of rotatable bonds is 4. The van der Waals surface area contributed by atoms with E-state index in [0.29, 0.717) is 0 Å². The van der Waals surface area contributed by atoms with E-state index >= 15 is 0 Å². The van der Waals surface area contributed by atoms with Crippen molar-refractivity contribution in [3.8, 4) is 16.9 Å². The molecule has 1 aromatic carbocycles. The summed E-state index contributed by atoms with van der Waals surface area (Å²) in [4.78, 5) is 0. The predicted octanol–water partition coefficient (Wildman–Crippen LogP) is 3.40. The lowest BCUT2D eigenvalue weighted by molar-refractivity contribution is 0.0518. The molecular weight excluding hydrogens is 208 g/mol. The van der Waals surface area contributed by atoms with E-state index in [1.165, 1.54) is 5.56 Å². The quantitative estimate of drug-likeness (QED) is 0.735. The van der Waals surface area contributed by atoms with Gasteiger partial charge >= 0.3 is 0 Å². The van der Waals surface area contributed by atoms with Crippen LogP contribution in [-0.4, -0.2) is 13.9 Å². The van der Waals surface area contributed by atoms with E-state index in [1.807, 2.05) is 23.6 Å². The third kappa shape index (κ3) is 2.37. The summed E-state index contributed by atoms with van der Waals surface area (Å²) in [6.07, 6.45) is 0. The minimum absolute atomic E-state index is 0.288. The van der Waals surface area contributed by atoms with Crippen LogP contribution in [0.2, 0.25) is 0 Å². The SMILES string of the molecule is COCOc1cscc1-c1ccccc1. The van der Waals surface area contributed by atoms with Crippen molar-refractivity contribution in [2.24, 2.45) is 0 Å². The molecule has 1 aromatic heterocycles. The zero-order chi connectivity index (χ0) is 10.5. The van der Waals surface area contributed by atoms with Crippen LogP contribution in [0.25, 0.3) is 11.1 Å². The van der Waals surface area contributed by atoms with Crippen LogP contribution in [0.5, 0.6) is 5.75 Å². The van der Waals surface area contributed by atoms with Crippen LogP contribution in [0.15, 0.2) is 41.1 Å². The lowest BCUT2D eigenvalue weighted by Gasteiger charge is -2.05. The molecule has 0 N–H and O–H groups in total. The molecule has 2 aromatic rings. The summed E-state index contributed by atoms with van der Waals surface area (Å²) in [5, 5.41) is 4.07. The Hall–Kier alpha value is -1.32. The Bertz CT molecular complexity index is 409. The minimum Gasteiger partial charge on any atom is -0.466 e. The fourth-order valence-electron chi connectivity index (χ4n) is 1.35. The van der Waals surface area contributed by atoms with Crippen LogP contribution in [0.3, 0.4) is 0 Å². The molecule has 0 radical (unpaired) electrons. The smallest absolute Gasteiger partial charge is 0.188 e. The maximum atomic E-state index is 5.47. The van der Waals surface area contributed by atoms with E-state index in [0.717, 1.165) is 11.3 Å². The van der Waals surface area contributed by atoms with Gasteiger partial charge in [0.05, 0.1) is 0 Å². The van der Waals surface area contributed by atoms with Gasteiger partial charge in [-0.3, -0.25) is 0 Å². The zero-order valence-corrected chi connectivity index (χ0v) is 9.29. The van der Waals surface area contributed by atoms with Gasteiger partial charge in [0.15, 0.2) is 6.79 Å². The Morgan fingerprint density at radius 2 is 1.93 bits per heavy atom. The largest absolute Gasteiger partial charge is 0.466 e. The molecule has 15 heavy (non-hydrogen) atoms. The molecule has 78 valence electrons. The maximum Gasteiger partial charge on any atom is 0.188 e. The lowest BCUT2D eigenvalue weighted by Crippen LogP contribution is -1.98. The van der Waals surface area contributed by atoms with Crippen LogP contribution in [0.4, 0.5) is 0 Å². The average molecular weight is 220 g/mol. The van der Waals surface area contributed by atoms with Crippen LogP contribution in [0.1, 0.15) is 0 Å². The highest BCUT2D eigenvalue weighted by Crippen LogP contribution is 2.33. The number of benzene rings is 1. The Morgan fingerprint density at radius 1 is 1.13 bits per heavy atom. The Labute approximate surface area is 93.1 Å². The number of hydrogen-bond acceptors (Lipinski definition) is 3. The molecule has 0 bridgehead atoms. The van der Waals surface area contributed by atoms with E-state index < -0.39 is 0 Å². The van der Waals surface area contributed by atoms with Gasteiger partial charge in [-0.15, -0.1) is 11.3 Å². The summed E-state index contributed by atoms with van der Waals surface area (Å²) >= 11 is 1.63. The molecule has 0 saturated heterocycles. The second-order valence-corrected chi connectivity index (χ2v) is 3.81. The van der Waals surface area contributed by atoms with Crippen LogP contribution >= 0.6 is 11.3 Å². The number of thiophene rings is 1. The van der Waals surface area contributed by atoms with Gasteiger partial charge < -0.3 is 9.47 Å². The summed E-state index contributed by atoms with van der Waals surface area (Å²) in [5.41, 5.74) is 2.29. The molecule has 0 saturated carbocycles. The zero-order valence-electron chi connectivity index (χ0n) is 8.47. The van der Waals surface area contributed by atoms with Crippen molar-refractivity contribution >= 4 is 11.3 Å². The highest BCUT2D eigenvalue weighted by atomic mass is 32.1. The van der Waals surface area contributed by atoms with Crippen molar-refractivity contribution in [1.82, 2.24) is 0 Å². The van der Waals surface area contributed by atoms with Crippen molar-refractivity contribution in [2.75, 3.05) is 13.9 Å². The number of ether oxygens (including phenoxy) is 2. The van der Waals surface area contributed by atoms with Crippen molar-refractivity contribution in [3.63, 3.8) is 0 Å². The molecule has 0 aliphatic rings. The third-order valence-corrected chi connectivity index (χ3v) is 2.77. The van der Waals surface area contributed by atoms with E-state index in [2.05, 4.69) is 17.5 Å². The van der Waals surface area contributed by atoms with Gasteiger partial charge in [0.2, 0.25) is 0 Å². The first-order valence-corrected chi connectivity index (χ1v) is 5.59. The summed E-state index contributed by atoms with van der Waals surface area (Å²) in [7, 11) is 1.62. The lowest BCUT2D eigenvalue weighted by atomic mass is 10.1. The molecule has 0 amide bonds. The highest BCUT2D eigenvalue weighted by molar-refractivity contribution is 7.08. The first-order chi connectivity index (χ1) is 7.42. The van der Waals surface area contributed by atoms with Gasteiger partial charge in [-0.25, -0.2) is 0 Å². The molecule has 2 nitrogen and oxygen atoms in total. The van der Waals surface area contributed by atoms with Crippen LogP contribution < -0.4 is 4.74 Å². The van der Waals surface area contributed by atoms with Crippen molar-refractivity contribution < 1.29 is 9.47 Å². The fraction of sp³-hybridized carbons (Fsp3) is 0.167. The molecule has 0 aliphatic carbocycles. The van der Waals surface area contributed by atoms with E-state index in [1.54, 1.807) is 18.4 Å². The molecule has 0 atom stereocenters. The fourth-order valence-corrected chi connectivity index (χ4v) is 2.12. The van der Waals surface area contributed by atoms with Crippen LogP contribution in [-0.2, 0) is 4.74 Å². The van der Waals surface area contributed by atoms with Gasteiger partial charge in [-0.1, -0.05) is 30.3 Å². The highest BCUT2D eigenvalue weighted by Gasteiger charge is 2.06. The van der Waals surface area contributed by atoms with Crippen molar-refractivity contribution in [3.05, 3.63) is 41.1 Å². The molecule has 0 aliphatic heterocycles. The van der Waals surface area contributed by atoms with E-state index in [4.69, 9.17) is 9.47 Å². The van der Waals surface area contributed by atoms with Gasteiger partial charge in [0.1, 0.15) is 5.75 Å². The standard InChI is InChI=1S/C12H12O2S/c1-13-9-14-12-8-15-7-11(12)10-5-3-2-4-6-10/h2-8H,9H2,1H3. The second-order valence-electron chi connectivity index (χ2n) is 3.07. The summed E-state index contributed by atoms with van der Waals surface area (Å²) < 4.78 is 10.4. The van der Waals surface area contributed by atoms with E-state index in [-0.39, 0.29) is 6.79 Å². The molecule has 3 heteroatoms. The molecule has 0 unspecified atom stereocenters. The molecule has 0 fully saturated rings. The monoisotopic (exact) mass is 220 g/mol. The molecule has 0 spiro atoms. The topological polar surface area (TPSA) is 18.5 Å². The average Bonchev–Trinajstić information content (AvgIpc) is 2.75. The molecule has 1 heterocycles.